The van der Waals surface area contributed by atoms with Crippen LogP contribution in [0.3, 0.4) is 0 Å². The van der Waals surface area contributed by atoms with Crippen LogP contribution >= 0.6 is 0 Å². The Hall–Kier alpha value is -1.12. The minimum absolute atomic E-state index is 0.0811. The Labute approximate surface area is 66.7 Å². The molecule has 0 amide bonds. The van der Waals surface area contributed by atoms with E-state index in [1.54, 1.807) is 0 Å². The first-order valence-electron chi connectivity index (χ1n) is 3.38. The molecule has 62 valence electrons. The van der Waals surface area contributed by atoms with Gasteiger partial charge in [0, 0.05) is 6.92 Å². The number of nitrogens with zero attached hydrogens (tertiary/aromatic N) is 1. The third kappa shape index (κ3) is 2.98. The van der Waals surface area contributed by atoms with Crippen molar-refractivity contribution in [2.75, 3.05) is 7.11 Å². The van der Waals surface area contributed by atoms with E-state index in [4.69, 9.17) is 0 Å². The predicted molar refractivity (Wildman–Crippen MR) is 44.6 cm³/mol. The summed E-state index contributed by atoms with van der Waals surface area (Å²) in [6, 6.07) is 0. The quantitative estimate of drug-likeness (QED) is 0.458. The molecule has 0 radical (unpaired) electrons. The summed E-state index contributed by atoms with van der Waals surface area (Å²) in [5, 5.41) is 3.59. The van der Waals surface area contributed by atoms with E-state index in [9.17, 15) is 4.79 Å². The van der Waals surface area contributed by atoms with E-state index in [1.807, 2.05) is 19.9 Å². The van der Waals surface area contributed by atoms with Gasteiger partial charge in [0.25, 0.3) is 0 Å². The number of Topliss-reactive ketones (excluding diaryl/α,β-unsaturated/α-hetero) is 1. The Morgan fingerprint density at radius 3 is 2.27 bits per heavy atom. The van der Waals surface area contributed by atoms with Gasteiger partial charge in [-0.2, -0.15) is 0 Å². The average Bonchev–Trinajstić information content (AvgIpc) is 1.98. The van der Waals surface area contributed by atoms with Crippen LogP contribution in [-0.4, -0.2) is 18.6 Å². The fraction of sp³-hybridized carbons (Fsp3) is 0.500. The predicted octanol–water partition coefficient (Wildman–Crippen LogP) is 1.54. The minimum Gasteiger partial charge on any atom is -0.399 e. The fourth-order valence-corrected chi connectivity index (χ4v) is 0.642. The number of carbonyl (C=O) groups is 1. The molecule has 0 aromatic rings. The van der Waals surface area contributed by atoms with Crippen molar-refractivity contribution in [1.82, 2.24) is 0 Å². The highest BCUT2D eigenvalue weighted by atomic mass is 16.6. The van der Waals surface area contributed by atoms with E-state index >= 15 is 0 Å². The van der Waals surface area contributed by atoms with Crippen LogP contribution in [0.2, 0.25) is 0 Å². The van der Waals surface area contributed by atoms with Gasteiger partial charge in [0.1, 0.15) is 12.8 Å². The molecular formula is C8H13NO2. The maximum atomic E-state index is 10.9. The molecule has 0 rings (SSSR count). The molecule has 0 bridgehead atoms. The molecule has 0 spiro atoms. The molecule has 0 aliphatic rings. The number of oxime groups is 1. The van der Waals surface area contributed by atoms with Crippen LogP contribution in [0.1, 0.15) is 20.8 Å². The zero-order valence-corrected chi connectivity index (χ0v) is 7.34. The van der Waals surface area contributed by atoms with Crippen LogP contribution in [0.4, 0.5) is 0 Å². The zero-order chi connectivity index (χ0) is 8.85. The van der Waals surface area contributed by atoms with Gasteiger partial charge in [-0.15, -0.1) is 0 Å². The van der Waals surface area contributed by atoms with E-state index < -0.39 is 0 Å². The lowest BCUT2D eigenvalue weighted by Gasteiger charge is -1.99. The molecule has 3 nitrogen and oxygen atoms in total. The maximum Gasteiger partial charge on any atom is 0.181 e. The maximum absolute atomic E-state index is 10.9. The molecule has 0 N–H and O–H groups in total. The summed E-state index contributed by atoms with van der Waals surface area (Å²) in [6.07, 6.45) is 1.82. The molecule has 11 heavy (non-hydrogen) atoms. The van der Waals surface area contributed by atoms with E-state index in [0.717, 1.165) is 5.57 Å². The number of hydrogen-bond donors (Lipinski definition) is 0. The average molecular weight is 155 g/mol. The van der Waals surface area contributed by atoms with Crippen molar-refractivity contribution in [3.05, 3.63) is 11.6 Å². The van der Waals surface area contributed by atoms with Crippen molar-refractivity contribution in [3.8, 4) is 0 Å². The van der Waals surface area contributed by atoms with Crippen LogP contribution in [0, 0.1) is 0 Å². The second kappa shape index (κ2) is 4.66. The normalized spacial score (nSPS) is 13.1. The molecule has 0 unspecified atom stereocenters. The molecule has 0 aliphatic carbocycles. The highest BCUT2D eigenvalue weighted by Crippen LogP contribution is 1.98. The minimum atomic E-state index is -0.0811. The molecule has 3 heteroatoms. The number of carbonyl (C=O) groups excluding carboxylic acids is 1. The van der Waals surface area contributed by atoms with Crippen molar-refractivity contribution < 1.29 is 9.63 Å². The lowest BCUT2D eigenvalue weighted by Crippen LogP contribution is -2.11. The van der Waals surface area contributed by atoms with Crippen molar-refractivity contribution in [1.29, 1.82) is 0 Å². The van der Waals surface area contributed by atoms with E-state index in [-0.39, 0.29) is 5.78 Å². The Balaban J connectivity index is 4.62. The molecule has 0 aromatic heterocycles. The fourth-order valence-electron chi connectivity index (χ4n) is 0.642. The molecule has 0 aliphatic heterocycles. The Morgan fingerprint density at radius 2 is 2.00 bits per heavy atom. The van der Waals surface area contributed by atoms with Crippen molar-refractivity contribution >= 4 is 11.5 Å². The van der Waals surface area contributed by atoms with Gasteiger partial charge in [0.05, 0.1) is 0 Å². The first-order valence-corrected chi connectivity index (χ1v) is 3.38. The van der Waals surface area contributed by atoms with Crippen molar-refractivity contribution in [2.45, 2.75) is 20.8 Å². The number of ketones is 1. The van der Waals surface area contributed by atoms with Crippen molar-refractivity contribution in [3.63, 3.8) is 0 Å². The zero-order valence-electron chi connectivity index (χ0n) is 7.34. The van der Waals surface area contributed by atoms with Gasteiger partial charge in [-0.3, -0.25) is 4.79 Å². The Morgan fingerprint density at radius 1 is 1.45 bits per heavy atom. The molecule has 0 aromatic carbocycles. The lowest BCUT2D eigenvalue weighted by molar-refractivity contribution is -0.111. The van der Waals surface area contributed by atoms with Crippen LogP contribution in [0.15, 0.2) is 16.8 Å². The topological polar surface area (TPSA) is 38.7 Å². The van der Waals surface area contributed by atoms with Gasteiger partial charge in [-0.05, 0) is 19.4 Å². The van der Waals surface area contributed by atoms with E-state index in [2.05, 4.69) is 9.99 Å². The van der Waals surface area contributed by atoms with Gasteiger partial charge in [-0.1, -0.05) is 11.2 Å². The second-order valence-corrected chi connectivity index (χ2v) is 2.15. The number of rotatable bonds is 3. The summed E-state index contributed by atoms with van der Waals surface area (Å²) < 4.78 is 0. The molecule has 0 atom stereocenters. The molecular weight excluding hydrogens is 142 g/mol. The van der Waals surface area contributed by atoms with Gasteiger partial charge < -0.3 is 4.84 Å². The number of allylic oxidation sites excluding steroid dienone is 2. The smallest absolute Gasteiger partial charge is 0.181 e. The van der Waals surface area contributed by atoms with Crippen molar-refractivity contribution in [2.24, 2.45) is 5.16 Å². The summed E-state index contributed by atoms with van der Waals surface area (Å²) in [7, 11) is 1.42. The van der Waals surface area contributed by atoms with E-state index in [0.29, 0.717) is 5.71 Å². The van der Waals surface area contributed by atoms with Gasteiger partial charge in [-0.25, -0.2) is 0 Å². The summed E-state index contributed by atoms with van der Waals surface area (Å²) in [4.78, 5) is 15.4. The van der Waals surface area contributed by atoms with Crippen LogP contribution in [-0.2, 0) is 9.63 Å². The molecule has 0 saturated heterocycles. The van der Waals surface area contributed by atoms with Gasteiger partial charge >= 0.3 is 0 Å². The molecule has 0 heterocycles. The third-order valence-corrected chi connectivity index (χ3v) is 1.32. The van der Waals surface area contributed by atoms with Gasteiger partial charge in [0.15, 0.2) is 5.78 Å². The highest BCUT2D eigenvalue weighted by Gasteiger charge is 2.07. The first-order chi connectivity index (χ1) is 5.13. The van der Waals surface area contributed by atoms with Gasteiger partial charge in [0.2, 0.25) is 0 Å². The third-order valence-electron chi connectivity index (χ3n) is 1.32. The number of hydrogen-bond acceptors (Lipinski definition) is 3. The standard InChI is InChI=1S/C8H13NO2/c1-5-6(2)8(7(3)10)9-11-4/h5H,1-4H3/b6-5+,9-8-. The van der Waals surface area contributed by atoms with Crippen LogP contribution in [0.25, 0.3) is 0 Å². The summed E-state index contributed by atoms with van der Waals surface area (Å²) in [5.41, 5.74) is 1.22. The first kappa shape index (κ1) is 9.88. The molecule has 0 saturated carbocycles. The van der Waals surface area contributed by atoms with Crippen LogP contribution in [0.5, 0.6) is 0 Å². The summed E-state index contributed by atoms with van der Waals surface area (Å²) >= 11 is 0. The summed E-state index contributed by atoms with van der Waals surface area (Å²) in [6.45, 7) is 5.13. The van der Waals surface area contributed by atoms with Crippen LogP contribution < -0.4 is 0 Å². The largest absolute Gasteiger partial charge is 0.399 e. The Bertz CT molecular complexity index is 204. The highest BCUT2D eigenvalue weighted by molar-refractivity contribution is 6.45. The monoisotopic (exact) mass is 155 g/mol. The SMILES string of the molecule is C/C=C(C)/C(=N/OC)C(C)=O. The summed E-state index contributed by atoms with van der Waals surface area (Å²) in [5.74, 6) is -0.0811. The Kier molecular flexibility index (Phi) is 4.18. The van der Waals surface area contributed by atoms with E-state index in [1.165, 1.54) is 14.0 Å². The lowest BCUT2D eigenvalue weighted by atomic mass is 10.1. The second-order valence-electron chi connectivity index (χ2n) is 2.15. The molecule has 0 fully saturated rings.